The van der Waals surface area contributed by atoms with Crippen molar-refractivity contribution in [2.24, 2.45) is 0 Å². The van der Waals surface area contributed by atoms with E-state index in [2.05, 4.69) is 12.2 Å². The van der Waals surface area contributed by atoms with Crippen molar-refractivity contribution < 1.29 is 9.47 Å². The Hall–Kier alpha value is -1.22. The second kappa shape index (κ2) is 8.05. The molecule has 106 valence electrons. The molecule has 1 unspecified atom stereocenters. The van der Waals surface area contributed by atoms with Gasteiger partial charge in [0.1, 0.15) is 12.7 Å². The third-order valence-electron chi connectivity index (χ3n) is 3.40. The summed E-state index contributed by atoms with van der Waals surface area (Å²) in [6.07, 6.45) is 6.73. The molecule has 0 aromatic heterocycles. The van der Waals surface area contributed by atoms with Crippen LogP contribution in [0.2, 0.25) is 0 Å². The maximum absolute atomic E-state index is 5.89. The first-order valence-corrected chi connectivity index (χ1v) is 7.49. The van der Waals surface area contributed by atoms with E-state index in [0.717, 1.165) is 24.6 Å². The second-order valence-corrected chi connectivity index (χ2v) is 5.12. The highest BCUT2D eigenvalue weighted by atomic mass is 16.6. The Labute approximate surface area is 116 Å². The summed E-state index contributed by atoms with van der Waals surface area (Å²) in [6, 6.07) is 7.86. The number of para-hydroxylation sites is 2. The van der Waals surface area contributed by atoms with Gasteiger partial charge in [-0.05, 0) is 25.1 Å². The van der Waals surface area contributed by atoms with Gasteiger partial charge >= 0.3 is 0 Å². The number of benzene rings is 1. The second-order valence-electron chi connectivity index (χ2n) is 5.12. The molecule has 0 aliphatic carbocycles. The van der Waals surface area contributed by atoms with E-state index in [9.17, 15) is 0 Å². The van der Waals surface area contributed by atoms with Crippen LogP contribution in [0.4, 0.5) is 0 Å². The highest BCUT2D eigenvalue weighted by Crippen LogP contribution is 2.30. The first kappa shape index (κ1) is 14.2. The van der Waals surface area contributed by atoms with Gasteiger partial charge in [0.2, 0.25) is 0 Å². The number of hydrogen-bond donors (Lipinski definition) is 1. The van der Waals surface area contributed by atoms with Gasteiger partial charge in [-0.15, -0.1) is 0 Å². The van der Waals surface area contributed by atoms with Gasteiger partial charge in [-0.3, -0.25) is 0 Å². The van der Waals surface area contributed by atoms with Gasteiger partial charge in [0, 0.05) is 6.54 Å². The van der Waals surface area contributed by atoms with E-state index >= 15 is 0 Å². The summed E-state index contributed by atoms with van der Waals surface area (Å²) in [6.45, 7) is 4.82. The van der Waals surface area contributed by atoms with Crippen LogP contribution in [0, 0.1) is 0 Å². The van der Waals surface area contributed by atoms with Crippen molar-refractivity contribution in [3.63, 3.8) is 0 Å². The van der Waals surface area contributed by atoms with Crippen LogP contribution < -0.4 is 14.8 Å². The Kier molecular flexibility index (Phi) is 6.02. The fraction of sp³-hybridized carbons (Fsp3) is 0.625. The summed E-state index contributed by atoms with van der Waals surface area (Å²) in [4.78, 5) is 0. The fourth-order valence-electron chi connectivity index (χ4n) is 2.28. The summed E-state index contributed by atoms with van der Waals surface area (Å²) in [5, 5.41) is 3.46. The highest BCUT2D eigenvalue weighted by molar-refractivity contribution is 5.40. The van der Waals surface area contributed by atoms with Crippen molar-refractivity contribution in [2.75, 3.05) is 19.7 Å². The van der Waals surface area contributed by atoms with Crippen molar-refractivity contribution in [3.8, 4) is 11.5 Å². The maximum atomic E-state index is 5.89. The average molecular weight is 263 g/mol. The molecule has 0 amide bonds. The predicted octanol–water partition coefficient (Wildman–Crippen LogP) is 3.39. The molecule has 0 fully saturated rings. The van der Waals surface area contributed by atoms with Gasteiger partial charge in [-0.1, -0.05) is 44.7 Å². The molecule has 3 heteroatoms. The van der Waals surface area contributed by atoms with E-state index in [1.54, 1.807) is 0 Å². The standard InChI is InChI=1S/C16H25NO2/c1-2-3-4-5-8-11-17-12-14-13-18-15-9-6-7-10-16(15)19-14/h6-7,9-10,14,17H,2-5,8,11-13H2,1H3. The van der Waals surface area contributed by atoms with E-state index < -0.39 is 0 Å². The minimum absolute atomic E-state index is 0.130. The third kappa shape index (κ3) is 4.75. The molecule has 1 aromatic carbocycles. The Morgan fingerprint density at radius 3 is 2.74 bits per heavy atom. The van der Waals surface area contributed by atoms with Crippen LogP contribution >= 0.6 is 0 Å². The Morgan fingerprint density at radius 1 is 1.11 bits per heavy atom. The molecular formula is C16H25NO2. The molecule has 0 radical (unpaired) electrons. The van der Waals surface area contributed by atoms with Crippen LogP contribution in [-0.4, -0.2) is 25.8 Å². The minimum atomic E-state index is 0.130. The summed E-state index contributed by atoms with van der Waals surface area (Å²) in [5.41, 5.74) is 0. The van der Waals surface area contributed by atoms with E-state index in [-0.39, 0.29) is 6.10 Å². The number of fused-ring (bicyclic) bond motifs is 1. The topological polar surface area (TPSA) is 30.5 Å². The minimum Gasteiger partial charge on any atom is -0.486 e. The molecule has 0 bridgehead atoms. The molecule has 0 saturated heterocycles. The molecule has 0 saturated carbocycles. The zero-order valence-electron chi connectivity index (χ0n) is 11.9. The lowest BCUT2D eigenvalue weighted by atomic mass is 10.1. The van der Waals surface area contributed by atoms with Gasteiger partial charge in [-0.25, -0.2) is 0 Å². The van der Waals surface area contributed by atoms with E-state index in [1.807, 2.05) is 24.3 Å². The van der Waals surface area contributed by atoms with E-state index in [1.165, 1.54) is 32.1 Å². The summed E-state index contributed by atoms with van der Waals surface area (Å²) < 4.78 is 11.6. The molecule has 1 aliphatic heterocycles. The maximum Gasteiger partial charge on any atom is 0.161 e. The van der Waals surface area contributed by atoms with Crippen LogP contribution in [0.15, 0.2) is 24.3 Å². The van der Waals surface area contributed by atoms with Crippen molar-refractivity contribution in [3.05, 3.63) is 24.3 Å². The van der Waals surface area contributed by atoms with Gasteiger partial charge in [0.05, 0.1) is 0 Å². The molecule has 1 aliphatic rings. The zero-order valence-corrected chi connectivity index (χ0v) is 11.9. The summed E-state index contributed by atoms with van der Waals surface area (Å²) >= 11 is 0. The smallest absolute Gasteiger partial charge is 0.161 e. The molecule has 1 N–H and O–H groups in total. The molecular weight excluding hydrogens is 238 g/mol. The number of hydrogen-bond acceptors (Lipinski definition) is 3. The first-order chi connectivity index (χ1) is 9.40. The van der Waals surface area contributed by atoms with Crippen molar-refractivity contribution >= 4 is 0 Å². The molecule has 0 spiro atoms. The van der Waals surface area contributed by atoms with Crippen LogP contribution in [0.1, 0.15) is 39.0 Å². The van der Waals surface area contributed by atoms with Crippen LogP contribution in [0.25, 0.3) is 0 Å². The summed E-state index contributed by atoms with van der Waals surface area (Å²) in [5.74, 6) is 1.72. The van der Waals surface area contributed by atoms with Gasteiger partial charge < -0.3 is 14.8 Å². The Balaban J connectivity index is 1.58. The Bertz CT molecular complexity index is 368. The van der Waals surface area contributed by atoms with Crippen molar-refractivity contribution in [1.82, 2.24) is 5.32 Å². The fourth-order valence-corrected chi connectivity index (χ4v) is 2.28. The zero-order chi connectivity index (χ0) is 13.3. The van der Waals surface area contributed by atoms with Crippen LogP contribution in [0.3, 0.4) is 0 Å². The molecule has 3 nitrogen and oxygen atoms in total. The average Bonchev–Trinajstić information content (AvgIpc) is 2.46. The quantitative estimate of drug-likeness (QED) is 0.729. The van der Waals surface area contributed by atoms with Gasteiger partial charge in [-0.2, -0.15) is 0 Å². The third-order valence-corrected chi connectivity index (χ3v) is 3.40. The van der Waals surface area contributed by atoms with Crippen LogP contribution in [0.5, 0.6) is 11.5 Å². The lowest BCUT2D eigenvalue weighted by Crippen LogP contribution is -2.38. The lowest BCUT2D eigenvalue weighted by Gasteiger charge is -2.26. The number of unbranched alkanes of at least 4 members (excludes halogenated alkanes) is 4. The predicted molar refractivity (Wildman–Crippen MR) is 78.0 cm³/mol. The molecule has 1 atom stereocenters. The summed E-state index contributed by atoms with van der Waals surface area (Å²) in [7, 11) is 0. The largest absolute Gasteiger partial charge is 0.486 e. The van der Waals surface area contributed by atoms with Crippen molar-refractivity contribution in [2.45, 2.75) is 45.1 Å². The molecule has 19 heavy (non-hydrogen) atoms. The highest BCUT2D eigenvalue weighted by Gasteiger charge is 2.19. The van der Waals surface area contributed by atoms with Crippen LogP contribution in [-0.2, 0) is 0 Å². The monoisotopic (exact) mass is 263 g/mol. The molecule has 2 rings (SSSR count). The SMILES string of the molecule is CCCCCCCNCC1COc2ccccc2O1. The van der Waals surface area contributed by atoms with E-state index in [4.69, 9.17) is 9.47 Å². The number of rotatable bonds is 8. The number of ether oxygens (including phenoxy) is 2. The Morgan fingerprint density at radius 2 is 1.89 bits per heavy atom. The first-order valence-electron chi connectivity index (χ1n) is 7.49. The van der Waals surface area contributed by atoms with Crippen molar-refractivity contribution in [1.29, 1.82) is 0 Å². The molecule has 1 aromatic rings. The normalized spacial score (nSPS) is 17.4. The van der Waals surface area contributed by atoms with E-state index in [0.29, 0.717) is 6.61 Å². The lowest BCUT2D eigenvalue weighted by molar-refractivity contribution is 0.0905. The molecule has 1 heterocycles. The number of nitrogens with one attached hydrogen (secondary N) is 1. The van der Waals surface area contributed by atoms with Gasteiger partial charge in [0.25, 0.3) is 0 Å². The van der Waals surface area contributed by atoms with Gasteiger partial charge in [0.15, 0.2) is 11.5 Å².